The largest absolute Gasteiger partial charge is 0.469 e. The normalized spacial score (nSPS) is 47.8. The molecule has 0 aromatic carbocycles. The van der Waals surface area contributed by atoms with Crippen LogP contribution in [0.4, 0.5) is 0 Å². The molecule has 0 spiro atoms. The van der Waals surface area contributed by atoms with Crippen molar-refractivity contribution in [2.75, 3.05) is 13.7 Å². The average molecular weight is 461 g/mol. The van der Waals surface area contributed by atoms with Crippen molar-refractivity contribution in [1.29, 1.82) is 0 Å². The van der Waals surface area contributed by atoms with Crippen molar-refractivity contribution in [2.24, 2.45) is 58.2 Å². The zero-order valence-corrected chi connectivity index (χ0v) is 22.7. The van der Waals surface area contributed by atoms with Crippen LogP contribution in [0.1, 0.15) is 106 Å². The first-order valence-corrected chi connectivity index (χ1v) is 14.3. The minimum atomic E-state index is -0.0447. The van der Waals surface area contributed by atoms with Crippen LogP contribution >= 0.6 is 0 Å². The molecule has 4 rings (SSSR count). The fraction of sp³-hybridized carbons (Fsp3) is 0.967. The third-order valence-corrected chi connectivity index (χ3v) is 11.9. The summed E-state index contributed by atoms with van der Waals surface area (Å²) in [5.41, 5.74) is 0.934. The van der Waals surface area contributed by atoms with Crippen molar-refractivity contribution in [1.82, 2.24) is 0 Å². The number of fused-ring (bicyclic) bond motifs is 5. The maximum absolute atomic E-state index is 11.8. The molecule has 190 valence electrons. The molecule has 4 saturated carbocycles. The highest BCUT2D eigenvalue weighted by molar-refractivity contribution is 5.69. The van der Waals surface area contributed by atoms with Gasteiger partial charge >= 0.3 is 5.97 Å². The van der Waals surface area contributed by atoms with Crippen LogP contribution < -0.4 is 0 Å². The molecule has 3 heteroatoms. The fourth-order valence-corrected chi connectivity index (χ4v) is 9.99. The second-order valence-corrected chi connectivity index (χ2v) is 13.3. The van der Waals surface area contributed by atoms with Gasteiger partial charge in [0.05, 0.1) is 13.2 Å². The van der Waals surface area contributed by atoms with Crippen molar-refractivity contribution in [3.05, 3.63) is 0 Å². The van der Waals surface area contributed by atoms with Gasteiger partial charge in [-0.3, -0.25) is 4.79 Å². The Kier molecular flexibility index (Phi) is 7.60. The van der Waals surface area contributed by atoms with Crippen LogP contribution in [0.25, 0.3) is 0 Å². The van der Waals surface area contributed by atoms with E-state index in [1.54, 1.807) is 0 Å². The number of carbonyl (C=O) groups is 1. The molecule has 0 N–H and O–H groups in total. The van der Waals surface area contributed by atoms with Crippen molar-refractivity contribution in [2.45, 2.75) is 112 Å². The first kappa shape index (κ1) is 25.5. The lowest BCUT2D eigenvalue weighted by Gasteiger charge is -2.65. The zero-order valence-electron chi connectivity index (χ0n) is 22.7. The van der Waals surface area contributed by atoms with E-state index in [1.165, 1.54) is 52.1 Å². The highest BCUT2D eigenvalue weighted by Gasteiger charge is 2.64. The summed E-state index contributed by atoms with van der Waals surface area (Å²) in [6.45, 7) is 16.1. The van der Waals surface area contributed by atoms with Gasteiger partial charge in [0.15, 0.2) is 0 Å². The molecule has 0 radical (unpaired) electrons. The van der Waals surface area contributed by atoms with Gasteiger partial charge in [0, 0.05) is 13.0 Å². The van der Waals surface area contributed by atoms with Gasteiger partial charge in [-0.15, -0.1) is 0 Å². The van der Waals surface area contributed by atoms with Crippen LogP contribution in [0.15, 0.2) is 0 Å². The van der Waals surface area contributed by atoms with Gasteiger partial charge in [-0.05, 0) is 116 Å². The third-order valence-electron chi connectivity index (χ3n) is 11.9. The number of hydrogen-bond acceptors (Lipinski definition) is 3. The van der Waals surface area contributed by atoms with Crippen LogP contribution in [0, 0.1) is 58.2 Å². The molecule has 4 fully saturated rings. The second-order valence-electron chi connectivity index (χ2n) is 13.3. The van der Waals surface area contributed by atoms with Crippen LogP contribution in [0.3, 0.4) is 0 Å². The van der Waals surface area contributed by atoms with Gasteiger partial charge in [0.25, 0.3) is 0 Å². The maximum Gasteiger partial charge on any atom is 0.305 e. The average Bonchev–Trinajstić information content (AvgIpc) is 3.15. The Morgan fingerprint density at radius 3 is 2.52 bits per heavy atom. The molecule has 33 heavy (non-hydrogen) atoms. The molecule has 4 aliphatic rings. The van der Waals surface area contributed by atoms with Gasteiger partial charge in [0.1, 0.15) is 0 Å². The Labute approximate surface area is 204 Å². The van der Waals surface area contributed by atoms with Crippen molar-refractivity contribution in [3.8, 4) is 0 Å². The molecule has 0 bridgehead atoms. The van der Waals surface area contributed by atoms with Crippen LogP contribution in [0.2, 0.25) is 0 Å². The summed E-state index contributed by atoms with van der Waals surface area (Å²) in [4.78, 5) is 11.8. The Morgan fingerprint density at radius 2 is 1.82 bits per heavy atom. The first-order valence-electron chi connectivity index (χ1n) is 14.3. The number of rotatable bonds is 7. The molecule has 0 aromatic heterocycles. The van der Waals surface area contributed by atoms with Gasteiger partial charge in [-0.2, -0.15) is 0 Å². The molecule has 0 aliphatic heterocycles. The van der Waals surface area contributed by atoms with Crippen LogP contribution in [-0.4, -0.2) is 25.8 Å². The van der Waals surface area contributed by atoms with Gasteiger partial charge in [-0.1, -0.05) is 41.5 Å². The molecule has 0 aromatic rings. The minimum Gasteiger partial charge on any atom is -0.469 e. The molecule has 3 nitrogen and oxygen atoms in total. The van der Waals surface area contributed by atoms with Crippen molar-refractivity contribution < 1.29 is 14.3 Å². The van der Waals surface area contributed by atoms with E-state index in [9.17, 15) is 4.79 Å². The van der Waals surface area contributed by atoms with E-state index in [1.807, 2.05) is 0 Å². The second kappa shape index (κ2) is 9.82. The summed E-state index contributed by atoms with van der Waals surface area (Å²) in [7, 11) is 1.52. The quantitative estimate of drug-likeness (QED) is 0.368. The lowest BCUT2D eigenvalue weighted by molar-refractivity contribution is -0.172. The highest BCUT2D eigenvalue weighted by atomic mass is 16.5. The standard InChI is InChI=1S/C30H52O3/c1-8-15-33-23-13-14-29(5)22(18-23)16-20(3)28-25-11-10-24(19(2)9-12-27(31)32-7)30(25,6)21(4)17-26(28)29/h19-26,28H,8-18H2,1-7H3/t19?,20?,21-,22?,23?,24+,25?,26?,28?,29-,30+/m0/s1. The molecule has 0 amide bonds. The summed E-state index contributed by atoms with van der Waals surface area (Å²) in [6.07, 6.45) is 12.7. The topological polar surface area (TPSA) is 35.5 Å². The molecule has 11 atom stereocenters. The predicted molar refractivity (Wildman–Crippen MR) is 135 cm³/mol. The van der Waals surface area contributed by atoms with E-state index in [0.29, 0.717) is 29.3 Å². The number of carbonyl (C=O) groups excluding carboxylic acids is 1. The Bertz CT molecular complexity index is 690. The Balaban J connectivity index is 1.52. The first-order chi connectivity index (χ1) is 15.7. The third kappa shape index (κ3) is 4.31. The summed E-state index contributed by atoms with van der Waals surface area (Å²) in [5, 5.41) is 0. The van der Waals surface area contributed by atoms with Crippen LogP contribution in [-0.2, 0) is 14.3 Å². The smallest absolute Gasteiger partial charge is 0.305 e. The number of ether oxygens (including phenoxy) is 2. The fourth-order valence-electron chi connectivity index (χ4n) is 9.99. The minimum absolute atomic E-state index is 0.0447. The highest BCUT2D eigenvalue weighted by Crippen LogP contribution is 2.71. The number of hydrogen-bond donors (Lipinski definition) is 0. The van der Waals surface area contributed by atoms with E-state index >= 15 is 0 Å². The van der Waals surface area contributed by atoms with Gasteiger partial charge in [-0.25, -0.2) is 0 Å². The predicted octanol–water partition coefficient (Wildman–Crippen LogP) is 7.52. The van der Waals surface area contributed by atoms with Crippen molar-refractivity contribution >= 4 is 5.97 Å². The lowest BCUT2D eigenvalue weighted by atomic mass is 9.40. The SMILES string of the molecule is CCCOC1CC[C@@]2(C)C(C1)CC(C)C1C2C[C@H](C)[C@@]2(C)C1CC[C@@H]2C(C)CCC(=O)OC. The van der Waals surface area contributed by atoms with Crippen LogP contribution in [0.5, 0.6) is 0 Å². The Morgan fingerprint density at radius 1 is 1.06 bits per heavy atom. The lowest BCUT2D eigenvalue weighted by Crippen LogP contribution is -2.59. The monoisotopic (exact) mass is 460 g/mol. The maximum atomic E-state index is 11.8. The van der Waals surface area contributed by atoms with Gasteiger partial charge < -0.3 is 9.47 Å². The summed E-state index contributed by atoms with van der Waals surface area (Å²) in [5.74, 6) is 6.39. The summed E-state index contributed by atoms with van der Waals surface area (Å²) in [6, 6.07) is 0. The van der Waals surface area contributed by atoms with E-state index < -0.39 is 0 Å². The Hall–Kier alpha value is -0.570. The molecule has 0 saturated heterocycles. The summed E-state index contributed by atoms with van der Waals surface area (Å²) < 4.78 is 11.2. The van der Waals surface area contributed by atoms with E-state index in [0.717, 1.165) is 60.9 Å². The molecular formula is C30H52O3. The van der Waals surface area contributed by atoms with E-state index in [4.69, 9.17) is 9.47 Å². The molecular weight excluding hydrogens is 408 g/mol. The number of esters is 1. The van der Waals surface area contributed by atoms with Gasteiger partial charge in [0.2, 0.25) is 0 Å². The number of methoxy groups -OCH3 is 1. The zero-order chi connectivity index (χ0) is 24.0. The van der Waals surface area contributed by atoms with E-state index in [2.05, 4.69) is 41.5 Å². The van der Waals surface area contributed by atoms with E-state index in [-0.39, 0.29) is 5.97 Å². The molecule has 0 heterocycles. The van der Waals surface area contributed by atoms with Crippen molar-refractivity contribution in [3.63, 3.8) is 0 Å². The molecule has 7 unspecified atom stereocenters. The molecule has 4 aliphatic carbocycles. The summed E-state index contributed by atoms with van der Waals surface area (Å²) >= 11 is 0.